The number of furan rings is 1. The molecule has 0 radical (unpaired) electrons. The minimum Gasteiger partial charge on any atom is -0.442 e. The summed E-state index contributed by atoms with van der Waals surface area (Å²) in [7, 11) is 0. The normalized spacial score (nSPS) is 12.3. The number of aromatic nitrogens is 4. The lowest BCUT2D eigenvalue weighted by Crippen LogP contribution is -2.23. The first-order chi connectivity index (χ1) is 12.5. The molecule has 26 heavy (non-hydrogen) atoms. The summed E-state index contributed by atoms with van der Waals surface area (Å²) >= 11 is 0. The topological polar surface area (TPSA) is 94.9 Å². The maximum Gasteiger partial charge on any atom is 0.265 e. The van der Waals surface area contributed by atoms with Crippen molar-refractivity contribution in [2.75, 3.05) is 5.32 Å². The van der Waals surface area contributed by atoms with Crippen molar-refractivity contribution in [2.24, 2.45) is 0 Å². The van der Waals surface area contributed by atoms with Gasteiger partial charge in [-0.15, -0.1) is 6.58 Å². The molecule has 0 bridgehead atoms. The summed E-state index contributed by atoms with van der Waals surface area (Å²) in [4.78, 5) is 29.7. The van der Waals surface area contributed by atoms with Gasteiger partial charge in [-0.25, -0.2) is 9.67 Å². The summed E-state index contributed by atoms with van der Waals surface area (Å²) in [6.45, 7) is 9.62. The van der Waals surface area contributed by atoms with Crippen molar-refractivity contribution >= 4 is 22.8 Å². The van der Waals surface area contributed by atoms with Crippen molar-refractivity contribution < 1.29 is 9.21 Å². The van der Waals surface area contributed by atoms with Crippen LogP contribution in [0.25, 0.3) is 11.1 Å². The van der Waals surface area contributed by atoms with Gasteiger partial charge in [0.05, 0.1) is 17.8 Å². The number of anilines is 1. The van der Waals surface area contributed by atoms with Gasteiger partial charge in [0.2, 0.25) is 5.71 Å². The van der Waals surface area contributed by atoms with Crippen LogP contribution in [0.3, 0.4) is 0 Å². The van der Waals surface area contributed by atoms with Gasteiger partial charge in [-0.05, 0) is 20.3 Å². The number of carbonyl (C=O) groups is 1. The molecule has 0 saturated heterocycles. The van der Waals surface area contributed by atoms with E-state index < -0.39 is 5.91 Å². The lowest BCUT2D eigenvalue weighted by molar-refractivity contribution is 0.102. The molecule has 8 nitrogen and oxygen atoms in total. The fraction of sp³-hybridized carbons (Fsp3) is 0.333. The molecule has 1 N–H and O–H groups in total. The molecular weight excluding hydrogens is 334 g/mol. The Morgan fingerprint density at radius 3 is 2.96 bits per heavy atom. The number of hydrogen-bond acceptors (Lipinski definition) is 5. The van der Waals surface area contributed by atoms with E-state index in [4.69, 9.17) is 4.42 Å². The molecule has 3 heterocycles. The van der Waals surface area contributed by atoms with E-state index >= 15 is 0 Å². The Labute approximate surface area is 150 Å². The van der Waals surface area contributed by atoms with E-state index in [1.807, 2.05) is 13.8 Å². The van der Waals surface area contributed by atoms with E-state index in [2.05, 4.69) is 22.0 Å². The average molecular weight is 355 g/mol. The molecule has 136 valence electrons. The van der Waals surface area contributed by atoms with Gasteiger partial charge in [0.1, 0.15) is 23.3 Å². The molecule has 1 unspecified atom stereocenters. The predicted molar refractivity (Wildman–Crippen MR) is 98.4 cm³/mol. The Kier molecular flexibility index (Phi) is 4.75. The summed E-state index contributed by atoms with van der Waals surface area (Å²) in [5.74, 6) is 0.475. The highest BCUT2D eigenvalue weighted by Crippen LogP contribution is 2.23. The van der Waals surface area contributed by atoms with Gasteiger partial charge in [-0.3, -0.25) is 14.2 Å². The number of amides is 1. The van der Waals surface area contributed by atoms with Crippen molar-refractivity contribution in [1.82, 2.24) is 19.3 Å². The highest BCUT2D eigenvalue weighted by Gasteiger charge is 2.24. The maximum absolute atomic E-state index is 12.9. The van der Waals surface area contributed by atoms with Crippen molar-refractivity contribution in [2.45, 2.75) is 39.8 Å². The first-order valence-electron chi connectivity index (χ1n) is 8.42. The van der Waals surface area contributed by atoms with Crippen LogP contribution in [0, 0.1) is 6.92 Å². The number of hydrogen-bond donors (Lipinski definition) is 1. The number of nitrogens with one attached hydrogen (secondary N) is 1. The van der Waals surface area contributed by atoms with Crippen molar-refractivity contribution in [1.29, 1.82) is 0 Å². The summed E-state index contributed by atoms with van der Waals surface area (Å²) in [6.07, 6.45) is 5.47. The Balaban J connectivity index is 2.05. The highest BCUT2D eigenvalue weighted by molar-refractivity contribution is 6.12. The van der Waals surface area contributed by atoms with Gasteiger partial charge in [-0.2, -0.15) is 5.10 Å². The number of rotatable bonds is 6. The second kappa shape index (κ2) is 6.99. The van der Waals surface area contributed by atoms with E-state index in [1.54, 1.807) is 29.9 Å². The largest absolute Gasteiger partial charge is 0.442 e. The smallest absolute Gasteiger partial charge is 0.265 e. The SMILES string of the molecule is C=CCn1cnc2oc(C)c(C(=O)Nc3ccnn3C(C)CC)c2c1=O. The average Bonchev–Trinajstić information content (AvgIpc) is 3.20. The first kappa shape index (κ1) is 17.7. The van der Waals surface area contributed by atoms with E-state index in [1.165, 1.54) is 10.9 Å². The number of allylic oxidation sites excluding steroid dienone is 1. The van der Waals surface area contributed by atoms with E-state index in [-0.39, 0.29) is 28.3 Å². The standard InChI is InChI=1S/C18H21N5O3/c1-5-9-22-10-19-17-15(18(22)25)14(12(4)26-17)16(24)21-13-7-8-20-23(13)11(3)6-2/h5,7-8,10-11H,1,6,9H2,2-4H3,(H,21,24). The molecule has 0 aliphatic carbocycles. The van der Waals surface area contributed by atoms with Crippen LogP contribution in [-0.4, -0.2) is 25.2 Å². The molecule has 1 amide bonds. The quantitative estimate of drug-likeness (QED) is 0.686. The van der Waals surface area contributed by atoms with Crippen LogP contribution in [0.15, 0.2) is 40.5 Å². The summed E-state index contributed by atoms with van der Waals surface area (Å²) in [5, 5.41) is 7.24. The van der Waals surface area contributed by atoms with Gasteiger partial charge in [0.15, 0.2) is 0 Å². The molecule has 3 aromatic heterocycles. The molecule has 0 spiro atoms. The fourth-order valence-corrected chi connectivity index (χ4v) is 2.80. The van der Waals surface area contributed by atoms with Crippen LogP contribution in [0.1, 0.15) is 42.4 Å². The van der Waals surface area contributed by atoms with Gasteiger partial charge >= 0.3 is 0 Å². The fourth-order valence-electron chi connectivity index (χ4n) is 2.80. The zero-order valence-electron chi connectivity index (χ0n) is 15.0. The minimum atomic E-state index is -0.429. The molecule has 0 saturated carbocycles. The van der Waals surface area contributed by atoms with Gasteiger partial charge in [0, 0.05) is 12.6 Å². The van der Waals surface area contributed by atoms with Gasteiger partial charge in [-0.1, -0.05) is 13.0 Å². The third kappa shape index (κ3) is 2.94. The lowest BCUT2D eigenvalue weighted by Gasteiger charge is -2.14. The van der Waals surface area contributed by atoms with Gasteiger partial charge < -0.3 is 9.73 Å². The van der Waals surface area contributed by atoms with Crippen molar-refractivity contribution in [3.8, 4) is 0 Å². The third-order valence-corrected chi connectivity index (χ3v) is 4.33. The zero-order valence-corrected chi connectivity index (χ0v) is 15.0. The van der Waals surface area contributed by atoms with Crippen LogP contribution in [0.4, 0.5) is 5.82 Å². The molecule has 0 aromatic carbocycles. The Hall–Kier alpha value is -3.16. The second-order valence-corrected chi connectivity index (χ2v) is 6.08. The van der Waals surface area contributed by atoms with E-state index in [0.717, 1.165) is 6.42 Å². The molecule has 8 heteroatoms. The first-order valence-corrected chi connectivity index (χ1v) is 8.42. The van der Waals surface area contributed by atoms with Crippen LogP contribution in [-0.2, 0) is 6.54 Å². The monoisotopic (exact) mass is 355 g/mol. The van der Waals surface area contributed by atoms with Crippen LogP contribution < -0.4 is 10.9 Å². The predicted octanol–water partition coefficient (Wildman–Crippen LogP) is 2.90. The summed E-state index contributed by atoms with van der Waals surface area (Å²) in [5.41, 5.74) is -0.00598. The van der Waals surface area contributed by atoms with E-state index in [9.17, 15) is 9.59 Å². The van der Waals surface area contributed by atoms with Crippen molar-refractivity contribution in [3.63, 3.8) is 0 Å². The Bertz CT molecular complexity index is 1030. The zero-order chi connectivity index (χ0) is 18.8. The summed E-state index contributed by atoms with van der Waals surface area (Å²) < 4.78 is 8.64. The highest BCUT2D eigenvalue weighted by atomic mass is 16.3. The maximum atomic E-state index is 12.9. The Morgan fingerprint density at radius 1 is 1.50 bits per heavy atom. The van der Waals surface area contributed by atoms with E-state index in [0.29, 0.717) is 18.1 Å². The third-order valence-electron chi connectivity index (χ3n) is 4.33. The van der Waals surface area contributed by atoms with Crippen LogP contribution in [0.5, 0.6) is 0 Å². The number of carbonyl (C=O) groups excluding carboxylic acids is 1. The molecular formula is C18H21N5O3. The number of nitrogens with zero attached hydrogens (tertiary/aromatic N) is 4. The minimum absolute atomic E-state index is 0.133. The molecule has 0 fully saturated rings. The van der Waals surface area contributed by atoms with Crippen LogP contribution in [0.2, 0.25) is 0 Å². The number of aryl methyl sites for hydroxylation is 1. The summed E-state index contributed by atoms with van der Waals surface area (Å²) in [6, 6.07) is 1.85. The molecule has 0 aliphatic rings. The molecule has 0 aliphatic heterocycles. The molecule has 3 aromatic rings. The molecule has 3 rings (SSSR count). The molecule has 1 atom stereocenters. The Morgan fingerprint density at radius 2 is 2.27 bits per heavy atom. The lowest BCUT2D eigenvalue weighted by atomic mass is 10.1. The van der Waals surface area contributed by atoms with Crippen molar-refractivity contribution in [3.05, 3.63) is 52.9 Å². The number of fused-ring (bicyclic) bond motifs is 1. The van der Waals surface area contributed by atoms with Crippen LogP contribution >= 0.6 is 0 Å². The second-order valence-electron chi connectivity index (χ2n) is 6.08. The van der Waals surface area contributed by atoms with Gasteiger partial charge in [0.25, 0.3) is 11.5 Å².